The van der Waals surface area contributed by atoms with E-state index in [2.05, 4.69) is 9.97 Å². The highest BCUT2D eigenvalue weighted by Crippen LogP contribution is 2.25. The highest BCUT2D eigenvalue weighted by Gasteiger charge is 2.34. The van der Waals surface area contributed by atoms with Gasteiger partial charge in [0.25, 0.3) is 11.8 Å². The van der Waals surface area contributed by atoms with E-state index >= 15 is 0 Å². The van der Waals surface area contributed by atoms with Crippen molar-refractivity contribution in [2.24, 2.45) is 0 Å². The van der Waals surface area contributed by atoms with Crippen LogP contribution in [0.2, 0.25) is 0 Å². The molecule has 8 heteroatoms. The van der Waals surface area contributed by atoms with Gasteiger partial charge < -0.3 is 9.72 Å². The Hall–Kier alpha value is -3.91. The van der Waals surface area contributed by atoms with E-state index in [1.807, 2.05) is 36.4 Å². The van der Waals surface area contributed by atoms with Gasteiger partial charge in [-0.3, -0.25) is 14.5 Å². The molecule has 5 rings (SSSR count). The van der Waals surface area contributed by atoms with Crippen LogP contribution in [0.3, 0.4) is 0 Å². The summed E-state index contributed by atoms with van der Waals surface area (Å²) in [4.78, 5) is 46.5. The lowest BCUT2D eigenvalue weighted by molar-refractivity contribution is 0.0419. The molecule has 4 aromatic rings. The lowest BCUT2D eigenvalue weighted by Gasteiger charge is -2.14. The number of nitrogens with zero attached hydrogens (tertiary/aromatic N) is 2. The number of amides is 2. The van der Waals surface area contributed by atoms with Crippen LogP contribution in [-0.4, -0.2) is 45.8 Å². The molecule has 2 amide bonds. The first-order valence-electron chi connectivity index (χ1n) is 10.4. The van der Waals surface area contributed by atoms with E-state index in [1.54, 1.807) is 36.4 Å². The number of rotatable bonds is 7. The number of benzene rings is 3. The van der Waals surface area contributed by atoms with Crippen molar-refractivity contribution in [3.8, 4) is 0 Å². The molecule has 0 atom stereocenters. The Morgan fingerprint density at radius 2 is 1.58 bits per heavy atom. The fraction of sp³-hybridized carbons (Fsp3) is 0.120. The number of thioether (sulfide) groups is 1. The number of hydrogen-bond acceptors (Lipinski definition) is 6. The maximum atomic E-state index is 12.7. The van der Waals surface area contributed by atoms with Crippen molar-refractivity contribution in [2.75, 3.05) is 13.2 Å². The Balaban J connectivity index is 1.21. The minimum absolute atomic E-state index is 0.00792. The van der Waals surface area contributed by atoms with Crippen LogP contribution in [0.4, 0.5) is 0 Å². The second-order valence-electron chi connectivity index (χ2n) is 7.45. The van der Waals surface area contributed by atoms with E-state index in [1.165, 1.54) is 11.8 Å². The van der Waals surface area contributed by atoms with Gasteiger partial charge in [-0.25, -0.2) is 9.78 Å². The Labute approximate surface area is 193 Å². The second kappa shape index (κ2) is 8.91. The number of imide groups is 1. The lowest BCUT2D eigenvalue weighted by Crippen LogP contribution is -2.33. The Morgan fingerprint density at radius 1 is 0.909 bits per heavy atom. The molecular formula is C25H19N3O4S. The predicted molar refractivity (Wildman–Crippen MR) is 124 cm³/mol. The maximum Gasteiger partial charge on any atom is 0.338 e. The lowest BCUT2D eigenvalue weighted by atomic mass is 10.1. The normalized spacial score (nSPS) is 12.9. The standard InChI is InChI=1S/C25H19N3O4S/c29-22-18-9-3-4-10-19(18)23(30)28(22)13-14-32-24(31)17-8-2-1-7-16(17)15-33-25-26-20-11-5-6-12-21(20)27-25/h1-12H,13-15H2,(H,26,27). The summed E-state index contributed by atoms with van der Waals surface area (Å²) in [6.07, 6.45) is 0. The minimum atomic E-state index is -0.493. The molecule has 0 spiro atoms. The Bertz CT molecular complexity index is 1310. The Kier molecular flexibility index (Phi) is 5.66. The summed E-state index contributed by atoms with van der Waals surface area (Å²) in [5.41, 5.74) is 3.86. The minimum Gasteiger partial charge on any atom is -0.460 e. The van der Waals surface area contributed by atoms with Crippen LogP contribution < -0.4 is 0 Å². The SMILES string of the molecule is O=C(OCCN1C(=O)c2ccccc2C1=O)c1ccccc1CSc1nc2ccccc2[nH]1. The van der Waals surface area contributed by atoms with Crippen molar-refractivity contribution in [2.45, 2.75) is 10.9 Å². The van der Waals surface area contributed by atoms with Gasteiger partial charge in [0.1, 0.15) is 6.61 Å². The number of ether oxygens (including phenoxy) is 1. The molecule has 0 saturated heterocycles. The monoisotopic (exact) mass is 457 g/mol. The summed E-state index contributed by atoms with van der Waals surface area (Å²) in [5.74, 6) is -0.695. The first kappa shape index (κ1) is 21.0. The van der Waals surface area contributed by atoms with E-state index in [0.717, 1.165) is 26.7 Å². The topological polar surface area (TPSA) is 92.4 Å². The van der Waals surface area contributed by atoms with E-state index in [9.17, 15) is 14.4 Å². The fourth-order valence-electron chi connectivity index (χ4n) is 3.74. The first-order valence-corrected chi connectivity index (χ1v) is 11.4. The summed E-state index contributed by atoms with van der Waals surface area (Å²) in [6.45, 7) is -0.0661. The molecule has 0 fully saturated rings. The summed E-state index contributed by atoms with van der Waals surface area (Å²) in [5, 5.41) is 0.769. The van der Waals surface area contributed by atoms with Gasteiger partial charge in [0, 0.05) is 5.75 Å². The molecule has 0 unspecified atom stereocenters. The zero-order chi connectivity index (χ0) is 22.8. The van der Waals surface area contributed by atoms with Crippen LogP contribution in [0.15, 0.2) is 78.0 Å². The molecule has 164 valence electrons. The third kappa shape index (κ3) is 4.12. The molecule has 0 saturated carbocycles. The highest BCUT2D eigenvalue weighted by molar-refractivity contribution is 7.98. The van der Waals surface area contributed by atoms with Gasteiger partial charge in [-0.15, -0.1) is 0 Å². The number of H-pyrrole nitrogens is 1. The number of hydrogen-bond donors (Lipinski definition) is 1. The van der Waals surface area contributed by atoms with Crippen molar-refractivity contribution in [3.63, 3.8) is 0 Å². The predicted octanol–water partition coefficient (Wildman–Crippen LogP) is 4.31. The van der Waals surface area contributed by atoms with Gasteiger partial charge in [-0.1, -0.05) is 54.2 Å². The molecule has 0 aliphatic carbocycles. The number of aromatic nitrogens is 2. The third-order valence-electron chi connectivity index (χ3n) is 5.40. The number of aromatic amines is 1. The van der Waals surface area contributed by atoms with Crippen LogP contribution in [0.5, 0.6) is 0 Å². The number of esters is 1. The molecular weight excluding hydrogens is 438 g/mol. The number of carbonyl (C=O) groups excluding carboxylic acids is 3. The average molecular weight is 458 g/mol. The molecule has 33 heavy (non-hydrogen) atoms. The molecule has 3 aromatic carbocycles. The number of imidazole rings is 1. The van der Waals surface area contributed by atoms with Gasteiger partial charge in [-0.05, 0) is 35.9 Å². The van der Waals surface area contributed by atoms with Crippen molar-refractivity contribution >= 4 is 40.6 Å². The molecule has 2 heterocycles. The average Bonchev–Trinajstić information content (AvgIpc) is 3.37. The summed E-state index contributed by atoms with van der Waals surface area (Å²) >= 11 is 1.50. The van der Waals surface area contributed by atoms with Gasteiger partial charge in [0.15, 0.2) is 5.16 Å². The molecule has 0 radical (unpaired) electrons. The number of fused-ring (bicyclic) bond motifs is 2. The van der Waals surface area contributed by atoms with Gasteiger partial charge >= 0.3 is 5.97 Å². The van der Waals surface area contributed by atoms with Crippen LogP contribution in [0.1, 0.15) is 36.6 Å². The zero-order valence-electron chi connectivity index (χ0n) is 17.5. The van der Waals surface area contributed by atoms with Crippen molar-refractivity contribution in [3.05, 3.63) is 95.1 Å². The summed E-state index contributed by atoms with van der Waals surface area (Å²) < 4.78 is 5.41. The Morgan fingerprint density at radius 3 is 2.33 bits per heavy atom. The largest absolute Gasteiger partial charge is 0.460 e. The van der Waals surface area contributed by atoms with Gasteiger partial charge in [-0.2, -0.15) is 0 Å². The smallest absolute Gasteiger partial charge is 0.338 e. The number of para-hydroxylation sites is 2. The summed E-state index contributed by atoms with van der Waals surface area (Å²) in [6, 6.07) is 21.7. The van der Waals surface area contributed by atoms with Gasteiger partial charge in [0.2, 0.25) is 0 Å². The highest BCUT2D eigenvalue weighted by atomic mass is 32.2. The third-order valence-corrected chi connectivity index (χ3v) is 6.32. The molecule has 1 aromatic heterocycles. The number of carbonyl (C=O) groups is 3. The van der Waals surface area contributed by atoms with Crippen LogP contribution in [-0.2, 0) is 10.5 Å². The van der Waals surface area contributed by atoms with E-state index in [-0.39, 0.29) is 25.0 Å². The van der Waals surface area contributed by atoms with Gasteiger partial charge in [0.05, 0.1) is 34.3 Å². The molecule has 0 bridgehead atoms. The van der Waals surface area contributed by atoms with E-state index in [4.69, 9.17) is 4.74 Å². The van der Waals surface area contributed by atoms with Crippen molar-refractivity contribution in [1.29, 1.82) is 0 Å². The molecule has 1 N–H and O–H groups in total. The van der Waals surface area contributed by atoms with Crippen LogP contribution >= 0.6 is 11.8 Å². The molecule has 1 aliphatic heterocycles. The van der Waals surface area contributed by atoms with Crippen molar-refractivity contribution < 1.29 is 19.1 Å². The quantitative estimate of drug-likeness (QED) is 0.253. The fourth-order valence-corrected chi connectivity index (χ4v) is 4.63. The van der Waals surface area contributed by atoms with E-state index < -0.39 is 5.97 Å². The molecule has 7 nitrogen and oxygen atoms in total. The molecule has 1 aliphatic rings. The number of nitrogens with one attached hydrogen (secondary N) is 1. The zero-order valence-corrected chi connectivity index (χ0v) is 18.3. The van der Waals surface area contributed by atoms with E-state index in [0.29, 0.717) is 22.4 Å². The summed E-state index contributed by atoms with van der Waals surface area (Å²) in [7, 11) is 0. The maximum absolute atomic E-state index is 12.7. The van der Waals surface area contributed by atoms with Crippen molar-refractivity contribution in [1.82, 2.24) is 14.9 Å². The first-order chi connectivity index (χ1) is 16.1. The van der Waals surface area contributed by atoms with Crippen LogP contribution in [0.25, 0.3) is 11.0 Å². The second-order valence-corrected chi connectivity index (χ2v) is 8.41. The van der Waals surface area contributed by atoms with Crippen LogP contribution in [0, 0.1) is 0 Å².